The van der Waals surface area contributed by atoms with E-state index in [0.29, 0.717) is 0 Å². The monoisotopic (exact) mass is 391 g/mol. The summed E-state index contributed by atoms with van der Waals surface area (Å²) in [5, 5.41) is 0. The van der Waals surface area contributed by atoms with Crippen molar-refractivity contribution in [3.63, 3.8) is 0 Å². The van der Waals surface area contributed by atoms with Crippen LogP contribution in [0, 0.1) is 3.70 Å². The molecule has 0 aliphatic carbocycles. The third-order valence-corrected chi connectivity index (χ3v) is 2.86. The van der Waals surface area contributed by atoms with Crippen LogP contribution in [0.2, 0.25) is 0 Å². The maximum absolute atomic E-state index is 12.1. The summed E-state index contributed by atoms with van der Waals surface area (Å²) in [6, 6.07) is 0.880. The first-order chi connectivity index (χ1) is 8.73. The molecule has 0 unspecified atom stereocenters. The minimum absolute atomic E-state index is 0.157. The van der Waals surface area contributed by atoms with Crippen LogP contribution in [0.15, 0.2) is 10.9 Å². The molecule has 0 aromatic carbocycles. The normalized spacial score (nSPS) is 11.2. The molecule has 5 nitrogen and oxygen atoms in total. The SMILES string of the molecule is CCOC(=O)Cc1cc(OC(F)(F)F)c(=O)[nH]c1I. The van der Waals surface area contributed by atoms with Crippen molar-refractivity contribution in [2.45, 2.75) is 19.7 Å². The van der Waals surface area contributed by atoms with E-state index in [-0.39, 0.29) is 22.3 Å². The largest absolute Gasteiger partial charge is 0.573 e. The summed E-state index contributed by atoms with van der Waals surface area (Å²) in [5.74, 6) is -1.52. The third kappa shape index (κ3) is 5.09. The molecule has 0 saturated heterocycles. The topological polar surface area (TPSA) is 68.4 Å². The Kier molecular flexibility index (Phi) is 5.20. The lowest BCUT2D eigenvalue weighted by Gasteiger charge is -2.10. The molecule has 0 aliphatic heterocycles. The molecule has 1 heterocycles. The highest BCUT2D eigenvalue weighted by molar-refractivity contribution is 14.1. The molecule has 1 aromatic heterocycles. The number of alkyl halides is 3. The van der Waals surface area contributed by atoms with Gasteiger partial charge in [0.1, 0.15) is 0 Å². The van der Waals surface area contributed by atoms with Gasteiger partial charge in [-0.25, -0.2) is 0 Å². The van der Waals surface area contributed by atoms with Gasteiger partial charge in [0.05, 0.1) is 16.7 Å². The van der Waals surface area contributed by atoms with Crippen molar-refractivity contribution in [2.75, 3.05) is 6.61 Å². The number of hydrogen-bond acceptors (Lipinski definition) is 4. The summed E-state index contributed by atoms with van der Waals surface area (Å²) in [6.07, 6.45) is -5.22. The van der Waals surface area contributed by atoms with Gasteiger partial charge in [0, 0.05) is 0 Å². The molecule has 106 valence electrons. The molecule has 0 radical (unpaired) electrons. The van der Waals surface area contributed by atoms with E-state index in [1.165, 1.54) is 0 Å². The summed E-state index contributed by atoms with van der Waals surface area (Å²) in [4.78, 5) is 24.7. The number of carbonyl (C=O) groups excluding carboxylic acids is 1. The van der Waals surface area contributed by atoms with Gasteiger partial charge in [-0.15, -0.1) is 13.2 Å². The average Bonchev–Trinajstić information content (AvgIpc) is 2.23. The van der Waals surface area contributed by atoms with Gasteiger partial charge in [-0.2, -0.15) is 0 Å². The molecule has 0 atom stereocenters. The molecule has 0 saturated carbocycles. The van der Waals surface area contributed by atoms with Gasteiger partial charge in [-0.3, -0.25) is 9.59 Å². The maximum atomic E-state index is 12.1. The number of H-pyrrole nitrogens is 1. The highest BCUT2D eigenvalue weighted by Crippen LogP contribution is 2.21. The highest BCUT2D eigenvalue weighted by Gasteiger charge is 2.32. The fourth-order valence-corrected chi connectivity index (χ4v) is 1.82. The van der Waals surface area contributed by atoms with Crippen molar-refractivity contribution in [1.82, 2.24) is 4.98 Å². The average molecular weight is 391 g/mol. The Hall–Kier alpha value is -1.26. The van der Waals surface area contributed by atoms with E-state index in [2.05, 4.69) is 14.5 Å². The van der Waals surface area contributed by atoms with E-state index in [1.54, 1.807) is 29.5 Å². The fourth-order valence-electron chi connectivity index (χ4n) is 1.23. The van der Waals surface area contributed by atoms with E-state index in [9.17, 15) is 22.8 Å². The molecule has 0 fully saturated rings. The summed E-state index contributed by atoms with van der Waals surface area (Å²) in [5.41, 5.74) is -0.827. The number of halogens is 4. The minimum Gasteiger partial charge on any atom is -0.466 e. The van der Waals surface area contributed by atoms with Crippen LogP contribution < -0.4 is 10.3 Å². The number of aromatic amines is 1. The summed E-state index contributed by atoms with van der Waals surface area (Å²) in [6.45, 7) is 1.76. The summed E-state index contributed by atoms with van der Waals surface area (Å²) < 4.78 is 44.7. The van der Waals surface area contributed by atoms with E-state index in [4.69, 9.17) is 0 Å². The molecule has 0 aliphatic rings. The highest BCUT2D eigenvalue weighted by atomic mass is 127. The van der Waals surface area contributed by atoms with Crippen LogP contribution in [0.3, 0.4) is 0 Å². The predicted molar refractivity (Wildman–Crippen MR) is 66.8 cm³/mol. The van der Waals surface area contributed by atoms with E-state index in [1.807, 2.05) is 0 Å². The minimum atomic E-state index is -4.97. The van der Waals surface area contributed by atoms with E-state index < -0.39 is 23.6 Å². The molecule has 0 bridgehead atoms. The lowest BCUT2D eigenvalue weighted by atomic mass is 10.2. The first-order valence-corrected chi connectivity index (χ1v) is 6.14. The maximum Gasteiger partial charge on any atom is 0.573 e. The van der Waals surface area contributed by atoms with Gasteiger partial charge >= 0.3 is 12.3 Å². The lowest BCUT2D eigenvalue weighted by Crippen LogP contribution is -2.24. The van der Waals surface area contributed by atoms with Gasteiger partial charge in [0.25, 0.3) is 5.56 Å². The van der Waals surface area contributed by atoms with Crippen LogP contribution in [-0.2, 0) is 16.0 Å². The van der Waals surface area contributed by atoms with Crippen molar-refractivity contribution >= 4 is 28.6 Å². The Morgan fingerprint density at radius 3 is 2.63 bits per heavy atom. The fraction of sp³-hybridized carbons (Fsp3) is 0.400. The van der Waals surface area contributed by atoms with E-state index >= 15 is 0 Å². The number of hydrogen-bond donors (Lipinski definition) is 1. The standard InChI is InChI=1S/C10H9F3INO4/c1-2-18-7(16)4-5-3-6(19-10(11,12)13)9(17)15-8(5)14/h3H,2,4H2,1H3,(H,15,17). The van der Waals surface area contributed by atoms with Crippen LogP contribution in [0.5, 0.6) is 5.75 Å². The van der Waals surface area contributed by atoms with Crippen LogP contribution in [0.25, 0.3) is 0 Å². The molecule has 19 heavy (non-hydrogen) atoms. The number of esters is 1. The Morgan fingerprint density at radius 1 is 1.47 bits per heavy atom. The molecule has 1 N–H and O–H groups in total. The van der Waals surface area contributed by atoms with Crippen molar-refractivity contribution in [3.05, 3.63) is 25.7 Å². The molecule has 1 rings (SSSR count). The first kappa shape index (κ1) is 15.8. The van der Waals surface area contributed by atoms with Crippen molar-refractivity contribution in [1.29, 1.82) is 0 Å². The Labute approximate surface area is 119 Å². The second-order valence-corrected chi connectivity index (χ2v) is 4.41. The Balaban J connectivity index is 3.03. The second-order valence-electron chi connectivity index (χ2n) is 3.33. The number of carbonyl (C=O) groups is 1. The summed E-state index contributed by atoms with van der Waals surface area (Å²) in [7, 11) is 0. The van der Waals surface area contributed by atoms with Gasteiger partial charge < -0.3 is 14.5 Å². The number of rotatable bonds is 4. The van der Waals surface area contributed by atoms with Gasteiger partial charge in [0.2, 0.25) is 0 Å². The second kappa shape index (κ2) is 6.26. The van der Waals surface area contributed by atoms with Crippen molar-refractivity contribution < 1.29 is 27.4 Å². The zero-order valence-electron chi connectivity index (χ0n) is 9.64. The van der Waals surface area contributed by atoms with Crippen molar-refractivity contribution in [2.24, 2.45) is 0 Å². The van der Waals surface area contributed by atoms with Crippen LogP contribution in [0.4, 0.5) is 13.2 Å². The van der Waals surface area contributed by atoms with Gasteiger partial charge in [-0.1, -0.05) is 0 Å². The Morgan fingerprint density at radius 2 is 2.11 bits per heavy atom. The lowest BCUT2D eigenvalue weighted by molar-refractivity contribution is -0.275. The summed E-state index contributed by atoms with van der Waals surface area (Å²) >= 11 is 1.70. The third-order valence-electron chi connectivity index (χ3n) is 1.90. The van der Waals surface area contributed by atoms with Crippen molar-refractivity contribution in [3.8, 4) is 5.75 Å². The molecular formula is C10H9F3INO4. The van der Waals surface area contributed by atoms with E-state index in [0.717, 1.165) is 6.07 Å². The quantitative estimate of drug-likeness (QED) is 0.485. The number of pyridine rings is 1. The van der Waals surface area contributed by atoms with Crippen LogP contribution in [-0.4, -0.2) is 23.9 Å². The molecular weight excluding hydrogens is 382 g/mol. The first-order valence-electron chi connectivity index (χ1n) is 5.06. The molecule has 0 spiro atoms. The molecule has 9 heteroatoms. The van der Waals surface area contributed by atoms with Crippen LogP contribution in [0.1, 0.15) is 12.5 Å². The number of nitrogens with one attached hydrogen (secondary N) is 1. The van der Waals surface area contributed by atoms with Gasteiger partial charge in [0.15, 0.2) is 5.75 Å². The zero-order chi connectivity index (χ0) is 14.6. The Bertz CT molecular complexity index is 526. The van der Waals surface area contributed by atoms with Crippen LogP contribution >= 0.6 is 22.6 Å². The number of aromatic nitrogens is 1. The predicted octanol–water partition coefficient (Wildman–Crippen LogP) is 1.98. The zero-order valence-corrected chi connectivity index (χ0v) is 11.8. The molecule has 1 aromatic rings. The van der Waals surface area contributed by atoms with Gasteiger partial charge in [-0.05, 0) is 41.1 Å². The molecule has 0 amide bonds. The number of ether oxygens (including phenoxy) is 2. The smallest absolute Gasteiger partial charge is 0.466 e.